The zero-order valence-corrected chi connectivity index (χ0v) is 12.6. The zero-order chi connectivity index (χ0) is 15.3. The summed E-state index contributed by atoms with van der Waals surface area (Å²) in [4.78, 5) is 43.7. The molecule has 1 aromatic rings. The van der Waals surface area contributed by atoms with E-state index in [9.17, 15) is 19.3 Å². The standard InChI is InChI=1S/C12H13O7PS/c13-10(17-20(16)18-11(14)12(15)19-20)7-4-8-21-9-5-2-1-3-6-9/h1-3,5-6,16,20H,4,7-8H2. The maximum atomic E-state index is 11.5. The monoisotopic (exact) mass is 332 g/mol. The molecule has 0 aromatic heterocycles. The molecule has 0 spiro atoms. The van der Waals surface area contributed by atoms with Gasteiger partial charge in [0.25, 0.3) is 0 Å². The minimum absolute atomic E-state index is 0.0181. The van der Waals surface area contributed by atoms with Crippen molar-refractivity contribution in [2.45, 2.75) is 17.7 Å². The summed E-state index contributed by atoms with van der Waals surface area (Å²) in [6, 6.07) is 9.66. The van der Waals surface area contributed by atoms with Crippen LogP contribution in [0.25, 0.3) is 0 Å². The summed E-state index contributed by atoms with van der Waals surface area (Å²) in [6.45, 7) is 0. The van der Waals surface area contributed by atoms with Gasteiger partial charge >= 0.3 is 125 Å². The third-order valence-electron chi connectivity index (χ3n) is 2.39. The van der Waals surface area contributed by atoms with E-state index in [1.807, 2.05) is 30.3 Å². The Labute approximate surface area is 125 Å². The van der Waals surface area contributed by atoms with Crippen molar-refractivity contribution >= 4 is 37.8 Å². The van der Waals surface area contributed by atoms with E-state index in [1.165, 1.54) is 0 Å². The molecule has 0 bridgehead atoms. The molecule has 1 N–H and O–H groups in total. The Morgan fingerprint density at radius 2 is 1.81 bits per heavy atom. The second kappa shape index (κ2) is 6.89. The molecular weight excluding hydrogens is 319 g/mol. The summed E-state index contributed by atoms with van der Waals surface area (Å²) in [5.74, 6) is -2.80. The molecule has 1 fully saturated rings. The molecule has 0 atom stereocenters. The predicted octanol–water partition coefficient (Wildman–Crippen LogP) is 1.60. The molecule has 2 rings (SSSR count). The Morgan fingerprint density at radius 3 is 2.43 bits per heavy atom. The molecule has 1 aliphatic heterocycles. The van der Waals surface area contributed by atoms with Gasteiger partial charge in [-0.05, 0) is 0 Å². The van der Waals surface area contributed by atoms with E-state index in [4.69, 9.17) is 0 Å². The summed E-state index contributed by atoms with van der Waals surface area (Å²) in [5.41, 5.74) is 0. The van der Waals surface area contributed by atoms with Crippen molar-refractivity contribution in [2.75, 3.05) is 5.75 Å². The van der Waals surface area contributed by atoms with Crippen LogP contribution in [0.15, 0.2) is 35.2 Å². The van der Waals surface area contributed by atoms with Gasteiger partial charge in [-0.25, -0.2) is 0 Å². The number of hydrogen-bond donors (Lipinski definition) is 1. The maximum absolute atomic E-state index is 11.5. The first-order chi connectivity index (χ1) is 9.98. The van der Waals surface area contributed by atoms with Crippen molar-refractivity contribution in [1.82, 2.24) is 0 Å². The number of benzene rings is 1. The van der Waals surface area contributed by atoms with Gasteiger partial charge in [0.2, 0.25) is 0 Å². The Hall–Kier alpha value is -1.63. The molecule has 9 heteroatoms. The van der Waals surface area contributed by atoms with Gasteiger partial charge in [-0.2, -0.15) is 0 Å². The van der Waals surface area contributed by atoms with E-state index < -0.39 is 26.1 Å². The first-order valence-electron chi connectivity index (χ1n) is 6.07. The van der Waals surface area contributed by atoms with Crippen LogP contribution in [-0.2, 0) is 28.0 Å². The average molecular weight is 332 g/mol. The van der Waals surface area contributed by atoms with Crippen LogP contribution in [0, 0.1) is 0 Å². The van der Waals surface area contributed by atoms with E-state index in [0.29, 0.717) is 12.2 Å². The summed E-state index contributed by atoms with van der Waals surface area (Å²) < 4.78 is 13.0. The average Bonchev–Trinajstić information content (AvgIpc) is 2.69. The van der Waals surface area contributed by atoms with E-state index >= 15 is 0 Å². The summed E-state index contributed by atoms with van der Waals surface area (Å²) >= 11 is 1.58. The van der Waals surface area contributed by atoms with E-state index in [2.05, 4.69) is 13.6 Å². The Balaban J connectivity index is 1.68. The van der Waals surface area contributed by atoms with Gasteiger partial charge in [-0.3, -0.25) is 0 Å². The fourth-order valence-corrected chi connectivity index (χ4v) is 3.52. The summed E-state index contributed by atoms with van der Waals surface area (Å²) in [6.07, 6.45) is 0.523. The molecule has 1 heterocycles. The predicted molar refractivity (Wildman–Crippen MR) is 75.2 cm³/mol. The van der Waals surface area contributed by atoms with Gasteiger partial charge < -0.3 is 0 Å². The zero-order valence-electron chi connectivity index (χ0n) is 10.8. The van der Waals surface area contributed by atoms with Crippen molar-refractivity contribution in [1.29, 1.82) is 0 Å². The number of hydrogen-bond acceptors (Lipinski definition) is 8. The summed E-state index contributed by atoms with van der Waals surface area (Å²) in [7, 11) is -4.45. The van der Waals surface area contributed by atoms with E-state index in [0.717, 1.165) is 4.90 Å². The molecule has 1 aromatic carbocycles. The molecule has 7 nitrogen and oxygen atoms in total. The molecule has 1 aliphatic rings. The van der Waals surface area contributed by atoms with Crippen LogP contribution in [-0.4, -0.2) is 28.6 Å². The number of thioether (sulfide) groups is 1. The fraction of sp³-hybridized carbons (Fsp3) is 0.250. The molecule has 0 unspecified atom stereocenters. The quantitative estimate of drug-likeness (QED) is 0.363. The Bertz CT molecular complexity index is 532. The normalized spacial score (nSPS) is 17.8. The number of carbonyl (C=O) groups excluding carboxylic acids is 3. The first-order valence-corrected chi connectivity index (χ1v) is 8.73. The van der Waals surface area contributed by atoms with Gasteiger partial charge in [-0.1, -0.05) is 0 Å². The van der Waals surface area contributed by atoms with Crippen molar-refractivity contribution in [2.24, 2.45) is 0 Å². The first kappa shape index (κ1) is 15.8. The molecular formula is C12H13O7PS. The molecule has 0 aliphatic carbocycles. The van der Waals surface area contributed by atoms with Crippen LogP contribution in [0.5, 0.6) is 0 Å². The number of rotatable bonds is 6. The molecule has 0 saturated carbocycles. The topological polar surface area (TPSA) is 99.1 Å². The van der Waals surface area contributed by atoms with Crippen LogP contribution in [0.3, 0.4) is 0 Å². The van der Waals surface area contributed by atoms with Gasteiger partial charge in [0.15, 0.2) is 0 Å². The van der Waals surface area contributed by atoms with Crippen molar-refractivity contribution < 1.29 is 32.8 Å². The Morgan fingerprint density at radius 1 is 1.19 bits per heavy atom. The molecule has 114 valence electrons. The second-order valence-corrected chi connectivity index (χ2v) is 6.87. The molecule has 0 radical (unpaired) electrons. The van der Waals surface area contributed by atoms with Crippen LogP contribution in [0.2, 0.25) is 0 Å². The van der Waals surface area contributed by atoms with Crippen LogP contribution in [0.1, 0.15) is 12.8 Å². The van der Waals surface area contributed by atoms with Crippen molar-refractivity contribution in [3.63, 3.8) is 0 Å². The molecule has 21 heavy (non-hydrogen) atoms. The SMILES string of the molecule is O=C(CCCSc1ccccc1)O[PH]1(O)OC(=O)C(=O)O1. The van der Waals surface area contributed by atoms with Crippen LogP contribution >= 0.6 is 19.9 Å². The van der Waals surface area contributed by atoms with Crippen molar-refractivity contribution in [3.05, 3.63) is 30.3 Å². The van der Waals surface area contributed by atoms with Gasteiger partial charge in [-0.15, -0.1) is 0 Å². The second-order valence-electron chi connectivity index (χ2n) is 4.04. The van der Waals surface area contributed by atoms with E-state index in [1.54, 1.807) is 11.8 Å². The third-order valence-corrected chi connectivity index (χ3v) is 4.86. The molecule has 0 amide bonds. The van der Waals surface area contributed by atoms with Gasteiger partial charge in [0, 0.05) is 0 Å². The minimum atomic E-state index is -4.45. The fourth-order valence-electron chi connectivity index (χ4n) is 1.50. The van der Waals surface area contributed by atoms with Gasteiger partial charge in [0.05, 0.1) is 0 Å². The van der Waals surface area contributed by atoms with E-state index in [-0.39, 0.29) is 6.42 Å². The molecule has 1 saturated heterocycles. The van der Waals surface area contributed by atoms with Crippen LogP contribution in [0.4, 0.5) is 0 Å². The van der Waals surface area contributed by atoms with Gasteiger partial charge in [0.1, 0.15) is 0 Å². The number of carbonyl (C=O) groups is 3. The van der Waals surface area contributed by atoms with Crippen LogP contribution < -0.4 is 0 Å². The summed E-state index contributed by atoms with van der Waals surface area (Å²) in [5, 5.41) is 0. The third kappa shape index (κ3) is 4.70. The Kier molecular flexibility index (Phi) is 5.17. The van der Waals surface area contributed by atoms with Crippen molar-refractivity contribution in [3.8, 4) is 0 Å².